The molecule has 1 fully saturated rings. The molecule has 3 nitrogen and oxygen atoms in total. The quantitative estimate of drug-likeness (QED) is 0.794. The fraction of sp³-hybridized carbons (Fsp3) is 0.692. The molecule has 3 heteroatoms. The lowest BCUT2D eigenvalue weighted by Gasteiger charge is -2.25. The predicted octanol–water partition coefficient (Wildman–Crippen LogP) is 2.71. The molecule has 0 radical (unpaired) electrons. The minimum absolute atomic E-state index is 0.430. The van der Waals surface area contributed by atoms with E-state index in [1.165, 1.54) is 44.1 Å². The highest BCUT2D eigenvalue weighted by atomic mass is 14.9. The van der Waals surface area contributed by atoms with Gasteiger partial charge in [-0.3, -0.25) is 0 Å². The zero-order valence-corrected chi connectivity index (χ0v) is 10.0. The first-order valence-corrected chi connectivity index (χ1v) is 6.34. The summed E-state index contributed by atoms with van der Waals surface area (Å²) >= 11 is 0. The zero-order chi connectivity index (χ0) is 11.2. The monoisotopic (exact) mass is 219 g/mol. The number of hydrogen-bond donors (Lipinski definition) is 1. The van der Waals surface area contributed by atoms with E-state index < -0.39 is 0 Å². The third kappa shape index (κ3) is 2.79. The second-order valence-corrected chi connectivity index (χ2v) is 4.69. The third-order valence-electron chi connectivity index (χ3n) is 3.62. The van der Waals surface area contributed by atoms with E-state index in [-0.39, 0.29) is 0 Å². The fourth-order valence-electron chi connectivity index (χ4n) is 2.79. The van der Waals surface area contributed by atoms with Crippen LogP contribution in [0.5, 0.6) is 0 Å². The van der Waals surface area contributed by atoms with Crippen LogP contribution in [0.4, 0.5) is 0 Å². The molecule has 0 amide bonds. The Kier molecular flexibility index (Phi) is 4.28. The molecule has 1 aliphatic carbocycles. The summed E-state index contributed by atoms with van der Waals surface area (Å²) < 4.78 is 0. The molecule has 1 saturated carbocycles. The summed E-state index contributed by atoms with van der Waals surface area (Å²) in [4.78, 5) is 8.24. The normalized spacial score (nSPS) is 20.3. The first-order chi connectivity index (χ1) is 7.92. The van der Waals surface area contributed by atoms with Gasteiger partial charge in [0.15, 0.2) is 0 Å². The van der Waals surface area contributed by atoms with Crippen LogP contribution in [0.15, 0.2) is 18.7 Å². The molecular formula is C13H21N3. The highest BCUT2D eigenvalue weighted by Crippen LogP contribution is 2.32. The lowest BCUT2D eigenvalue weighted by atomic mass is 9.88. The van der Waals surface area contributed by atoms with Gasteiger partial charge in [-0.15, -0.1) is 0 Å². The Bertz CT molecular complexity index is 291. The Morgan fingerprint density at radius 3 is 2.31 bits per heavy atom. The molecule has 1 unspecified atom stereocenters. The standard InChI is InChI=1S/C13H21N3/c1-14-13(12-8-15-10-16-9-12)11-6-4-2-3-5-7-11/h8-11,13-14H,2-7H2,1H3. The van der Waals surface area contributed by atoms with Crippen molar-refractivity contribution in [3.8, 4) is 0 Å². The van der Waals surface area contributed by atoms with Crippen molar-refractivity contribution >= 4 is 0 Å². The van der Waals surface area contributed by atoms with Crippen molar-refractivity contribution in [1.29, 1.82) is 0 Å². The zero-order valence-electron chi connectivity index (χ0n) is 10.0. The number of nitrogens with one attached hydrogen (secondary N) is 1. The van der Waals surface area contributed by atoms with Gasteiger partial charge < -0.3 is 5.32 Å². The molecule has 2 rings (SSSR count). The molecule has 0 bridgehead atoms. The van der Waals surface area contributed by atoms with Crippen LogP contribution in [0.2, 0.25) is 0 Å². The average Bonchev–Trinajstić information content (AvgIpc) is 2.61. The van der Waals surface area contributed by atoms with E-state index >= 15 is 0 Å². The van der Waals surface area contributed by atoms with Gasteiger partial charge in [-0.25, -0.2) is 9.97 Å². The van der Waals surface area contributed by atoms with Crippen molar-refractivity contribution in [3.63, 3.8) is 0 Å². The SMILES string of the molecule is CNC(c1cncnc1)C1CCCCCC1. The summed E-state index contributed by atoms with van der Waals surface area (Å²) in [6.07, 6.45) is 13.7. The molecule has 16 heavy (non-hydrogen) atoms. The number of hydrogen-bond acceptors (Lipinski definition) is 3. The van der Waals surface area contributed by atoms with E-state index in [1.807, 2.05) is 19.4 Å². The molecule has 0 saturated heterocycles. The van der Waals surface area contributed by atoms with Crippen molar-refractivity contribution in [2.24, 2.45) is 5.92 Å². The third-order valence-corrected chi connectivity index (χ3v) is 3.62. The highest BCUT2D eigenvalue weighted by molar-refractivity contribution is 5.10. The molecule has 1 heterocycles. The van der Waals surface area contributed by atoms with Gasteiger partial charge in [0.1, 0.15) is 6.33 Å². The Morgan fingerprint density at radius 2 is 1.75 bits per heavy atom. The van der Waals surface area contributed by atoms with Gasteiger partial charge in [0.05, 0.1) is 0 Å². The van der Waals surface area contributed by atoms with Crippen LogP contribution in [-0.4, -0.2) is 17.0 Å². The van der Waals surface area contributed by atoms with E-state index in [2.05, 4.69) is 15.3 Å². The summed E-state index contributed by atoms with van der Waals surface area (Å²) in [5, 5.41) is 3.44. The van der Waals surface area contributed by atoms with Gasteiger partial charge in [0.2, 0.25) is 0 Å². The maximum Gasteiger partial charge on any atom is 0.115 e. The summed E-state index contributed by atoms with van der Waals surface area (Å²) in [7, 11) is 2.04. The highest BCUT2D eigenvalue weighted by Gasteiger charge is 2.22. The predicted molar refractivity (Wildman–Crippen MR) is 65.0 cm³/mol. The van der Waals surface area contributed by atoms with Crippen LogP contribution in [0.25, 0.3) is 0 Å². The van der Waals surface area contributed by atoms with Crippen molar-refractivity contribution < 1.29 is 0 Å². The second-order valence-electron chi connectivity index (χ2n) is 4.69. The largest absolute Gasteiger partial charge is 0.313 e. The smallest absolute Gasteiger partial charge is 0.115 e. The minimum atomic E-state index is 0.430. The fourth-order valence-corrected chi connectivity index (χ4v) is 2.79. The maximum atomic E-state index is 4.12. The Labute approximate surface area is 97.7 Å². The van der Waals surface area contributed by atoms with Crippen LogP contribution in [0, 0.1) is 5.92 Å². The lowest BCUT2D eigenvalue weighted by molar-refractivity contribution is 0.340. The van der Waals surface area contributed by atoms with Crippen molar-refractivity contribution in [3.05, 3.63) is 24.3 Å². The van der Waals surface area contributed by atoms with E-state index in [4.69, 9.17) is 0 Å². The van der Waals surface area contributed by atoms with Crippen LogP contribution in [-0.2, 0) is 0 Å². The molecule has 0 aromatic carbocycles. The van der Waals surface area contributed by atoms with Gasteiger partial charge in [0.25, 0.3) is 0 Å². The lowest BCUT2D eigenvalue weighted by Crippen LogP contribution is -2.25. The van der Waals surface area contributed by atoms with E-state index in [0.717, 1.165) is 5.92 Å². The number of nitrogens with zero attached hydrogens (tertiary/aromatic N) is 2. The molecule has 88 valence electrons. The van der Waals surface area contributed by atoms with E-state index in [0.29, 0.717) is 6.04 Å². The Balaban J connectivity index is 2.09. The van der Waals surface area contributed by atoms with Crippen molar-refractivity contribution in [2.45, 2.75) is 44.6 Å². The van der Waals surface area contributed by atoms with E-state index in [9.17, 15) is 0 Å². The minimum Gasteiger partial charge on any atom is -0.313 e. The maximum absolute atomic E-state index is 4.12. The number of rotatable bonds is 3. The summed E-state index contributed by atoms with van der Waals surface area (Å²) in [6, 6.07) is 0.430. The average molecular weight is 219 g/mol. The van der Waals surface area contributed by atoms with Gasteiger partial charge >= 0.3 is 0 Å². The topological polar surface area (TPSA) is 37.8 Å². The molecule has 1 aliphatic rings. The molecule has 1 aromatic heterocycles. The van der Waals surface area contributed by atoms with Crippen molar-refractivity contribution in [2.75, 3.05) is 7.05 Å². The van der Waals surface area contributed by atoms with Crippen LogP contribution < -0.4 is 5.32 Å². The van der Waals surface area contributed by atoms with Gasteiger partial charge in [-0.2, -0.15) is 0 Å². The first kappa shape index (κ1) is 11.5. The van der Waals surface area contributed by atoms with E-state index in [1.54, 1.807) is 6.33 Å². The van der Waals surface area contributed by atoms with Crippen LogP contribution >= 0.6 is 0 Å². The van der Waals surface area contributed by atoms with Gasteiger partial charge in [-0.1, -0.05) is 25.7 Å². The molecule has 1 N–H and O–H groups in total. The molecular weight excluding hydrogens is 198 g/mol. The van der Waals surface area contributed by atoms with Gasteiger partial charge in [-0.05, 0) is 25.8 Å². The summed E-state index contributed by atoms with van der Waals surface area (Å²) in [5.41, 5.74) is 1.23. The Hall–Kier alpha value is -0.960. The first-order valence-electron chi connectivity index (χ1n) is 6.34. The molecule has 1 atom stereocenters. The molecule has 0 aliphatic heterocycles. The van der Waals surface area contributed by atoms with Crippen molar-refractivity contribution in [1.82, 2.24) is 15.3 Å². The summed E-state index contributed by atoms with van der Waals surface area (Å²) in [6.45, 7) is 0. The second kappa shape index (κ2) is 5.94. The van der Waals surface area contributed by atoms with Crippen LogP contribution in [0.1, 0.15) is 50.1 Å². The summed E-state index contributed by atoms with van der Waals surface area (Å²) in [5.74, 6) is 0.749. The molecule has 0 spiro atoms. The Morgan fingerprint density at radius 1 is 1.12 bits per heavy atom. The molecule has 1 aromatic rings. The number of aromatic nitrogens is 2. The van der Waals surface area contributed by atoms with Crippen LogP contribution in [0.3, 0.4) is 0 Å². The van der Waals surface area contributed by atoms with Gasteiger partial charge in [0, 0.05) is 24.0 Å².